The Kier molecular flexibility index (Phi) is 32.9. The molecule has 2 saturated carbocycles. The molecule has 2 aliphatic rings. The summed E-state index contributed by atoms with van der Waals surface area (Å²) in [4.78, 5) is 13.4. The molecule has 0 aromatic heterocycles. The third-order valence-electron chi connectivity index (χ3n) is 12.4. The van der Waals surface area contributed by atoms with Crippen molar-refractivity contribution >= 4 is 5.97 Å². The van der Waals surface area contributed by atoms with Crippen LogP contribution in [0.4, 0.5) is 0 Å². The average Bonchev–Trinajstić information content (AvgIpc) is 4.02. The largest absolute Gasteiger partial charge is 0.495 e. The molecule has 0 aliphatic heterocycles. The number of rotatable bonds is 42. The number of allylic oxidation sites excluding steroid dienone is 4. The zero-order valence-corrected chi connectivity index (χ0v) is 38.5. The first kappa shape index (κ1) is 51.6. The van der Waals surface area contributed by atoms with Crippen LogP contribution in [0.1, 0.15) is 252 Å². The molecular weight excluding hydrogens is 707 g/mol. The number of hydrogen-bond acceptors (Lipinski definition) is 6. The Morgan fingerprint density at radius 3 is 1.51 bits per heavy atom. The van der Waals surface area contributed by atoms with Gasteiger partial charge < -0.3 is 24.2 Å². The third-order valence-corrected chi connectivity index (χ3v) is 12.4. The van der Waals surface area contributed by atoms with E-state index < -0.39 is 0 Å². The molecule has 2 aliphatic carbocycles. The van der Waals surface area contributed by atoms with Crippen LogP contribution in [0.25, 0.3) is 0 Å². The summed E-state index contributed by atoms with van der Waals surface area (Å²) < 4.78 is 18.4. The second kappa shape index (κ2) is 36.3. The Labute approximate surface area is 354 Å². The fourth-order valence-electron chi connectivity index (χ4n) is 8.39. The maximum absolute atomic E-state index is 10.9. The zero-order valence-electron chi connectivity index (χ0n) is 38.5. The number of aliphatic hydroxyl groups is 1. The first-order valence-electron chi connectivity index (χ1n) is 25.2. The van der Waals surface area contributed by atoms with Crippen molar-refractivity contribution in [3.05, 3.63) is 22.7 Å². The van der Waals surface area contributed by atoms with Gasteiger partial charge in [0.1, 0.15) is 0 Å². The SMILES string of the molecule is CCCCCCCCC(CCCCCCCC)OC(CCCCCCCN(CCO)CCCCCCCC(OC(C)CCCCCOC(C)=O)=C1CC1)=C1CCC1. The highest BCUT2D eigenvalue weighted by Gasteiger charge is 2.21. The lowest BCUT2D eigenvalue weighted by Gasteiger charge is -2.27. The van der Waals surface area contributed by atoms with Gasteiger partial charge in [0.25, 0.3) is 0 Å². The van der Waals surface area contributed by atoms with Gasteiger partial charge in [-0.15, -0.1) is 0 Å². The Balaban J connectivity index is 1.58. The average molecular weight is 802 g/mol. The molecule has 0 spiro atoms. The van der Waals surface area contributed by atoms with Crippen molar-refractivity contribution < 1.29 is 24.1 Å². The minimum atomic E-state index is -0.185. The van der Waals surface area contributed by atoms with Gasteiger partial charge >= 0.3 is 5.97 Å². The summed E-state index contributed by atoms with van der Waals surface area (Å²) in [6, 6.07) is 0. The van der Waals surface area contributed by atoms with E-state index in [4.69, 9.17) is 14.2 Å². The van der Waals surface area contributed by atoms with Crippen LogP contribution in [0.2, 0.25) is 0 Å². The van der Waals surface area contributed by atoms with E-state index in [1.54, 1.807) is 11.1 Å². The third kappa shape index (κ3) is 29.4. The Bertz CT molecular complexity index is 995. The molecule has 0 saturated heterocycles. The molecule has 2 fully saturated rings. The predicted octanol–water partition coefficient (Wildman–Crippen LogP) is 14.9. The maximum Gasteiger partial charge on any atom is 0.302 e. The first-order chi connectivity index (χ1) is 28.0. The smallest absolute Gasteiger partial charge is 0.302 e. The molecule has 1 atom stereocenters. The molecule has 334 valence electrons. The minimum absolute atomic E-state index is 0.185. The van der Waals surface area contributed by atoms with E-state index in [1.165, 1.54) is 205 Å². The van der Waals surface area contributed by atoms with E-state index in [2.05, 4.69) is 25.7 Å². The molecular formula is C51H95NO5. The summed E-state index contributed by atoms with van der Waals surface area (Å²) in [5.41, 5.74) is 3.19. The van der Waals surface area contributed by atoms with Crippen LogP contribution >= 0.6 is 0 Å². The summed E-state index contributed by atoms with van der Waals surface area (Å²) in [5.74, 6) is 2.50. The van der Waals surface area contributed by atoms with Crippen LogP contribution in [0, 0.1) is 0 Å². The van der Waals surface area contributed by atoms with Gasteiger partial charge in [-0.1, -0.05) is 117 Å². The van der Waals surface area contributed by atoms with Gasteiger partial charge in [-0.2, -0.15) is 0 Å². The van der Waals surface area contributed by atoms with Crippen LogP contribution in [-0.2, 0) is 19.0 Å². The topological polar surface area (TPSA) is 68.2 Å². The summed E-state index contributed by atoms with van der Waals surface area (Å²) in [5, 5.41) is 9.72. The maximum atomic E-state index is 10.9. The second-order valence-corrected chi connectivity index (χ2v) is 18.0. The number of aliphatic hydroxyl groups excluding tert-OH is 1. The monoisotopic (exact) mass is 802 g/mol. The lowest BCUT2D eigenvalue weighted by atomic mass is 9.89. The number of carbonyl (C=O) groups excluding carboxylic acids is 1. The lowest BCUT2D eigenvalue weighted by molar-refractivity contribution is -0.141. The van der Waals surface area contributed by atoms with Gasteiger partial charge in [0.2, 0.25) is 0 Å². The van der Waals surface area contributed by atoms with Gasteiger partial charge in [0.15, 0.2) is 0 Å². The van der Waals surface area contributed by atoms with Crippen molar-refractivity contribution in [2.75, 3.05) is 32.8 Å². The highest BCUT2D eigenvalue weighted by atomic mass is 16.5. The minimum Gasteiger partial charge on any atom is -0.495 e. The van der Waals surface area contributed by atoms with Gasteiger partial charge in [0, 0.05) is 26.3 Å². The standard InChI is InChI=1S/C51H95NO5/c1-5-7-9-11-15-23-34-49(35-24-16-12-10-8-6-2)57-51(47-32-30-33-47)37-26-18-14-20-28-41-52(42-43-53)40-27-19-13-17-25-36-50(48-38-39-48)56-45(3)31-22-21-29-44-55-46(4)54/h45,49,53H,5-44H2,1-4H3. The van der Waals surface area contributed by atoms with Crippen LogP contribution < -0.4 is 0 Å². The fourth-order valence-corrected chi connectivity index (χ4v) is 8.39. The van der Waals surface area contributed by atoms with Crippen LogP contribution in [0.15, 0.2) is 22.7 Å². The van der Waals surface area contributed by atoms with Gasteiger partial charge in [-0.25, -0.2) is 0 Å². The first-order valence-corrected chi connectivity index (χ1v) is 25.2. The quantitative estimate of drug-likeness (QED) is 0.0377. The van der Waals surface area contributed by atoms with Gasteiger partial charge in [-0.3, -0.25) is 4.79 Å². The Hall–Kier alpha value is -1.53. The van der Waals surface area contributed by atoms with Crippen molar-refractivity contribution in [2.45, 2.75) is 265 Å². The number of unbranched alkanes of at least 4 members (excludes halogenated alkanes) is 20. The number of hydrogen-bond donors (Lipinski definition) is 1. The van der Waals surface area contributed by atoms with Crippen molar-refractivity contribution in [1.29, 1.82) is 0 Å². The van der Waals surface area contributed by atoms with E-state index in [-0.39, 0.29) is 18.7 Å². The molecule has 6 nitrogen and oxygen atoms in total. The predicted molar refractivity (Wildman–Crippen MR) is 243 cm³/mol. The highest BCUT2D eigenvalue weighted by molar-refractivity contribution is 5.65. The molecule has 0 amide bonds. The lowest BCUT2D eigenvalue weighted by Crippen LogP contribution is -2.29. The summed E-state index contributed by atoms with van der Waals surface area (Å²) in [6.45, 7) is 12.1. The van der Waals surface area contributed by atoms with Crippen molar-refractivity contribution in [3.63, 3.8) is 0 Å². The Morgan fingerprint density at radius 1 is 0.561 bits per heavy atom. The van der Waals surface area contributed by atoms with Crippen molar-refractivity contribution in [1.82, 2.24) is 4.90 Å². The van der Waals surface area contributed by atoms with Crippen LogP contribution in [-0.4, -0.2) is 61.0 Å². The summed E-state index contributed by atoms with van der Waals surface area (Å²) in [7, 11) is 0. The molecule has 0 heterocycles. The van der Waals surface area contributed by atoms with Gasteiger partial charge in [-0.05, 0) is 140 Å². The van der Waals surface area contributed by atoms with Crippen LogP contribution in [0.3, 0.4) is 0 Å². The molecule has 0 bridgehead atoms. The normalized spacial score (nSPS) is 14.3. The summed E-state index contributed by atoms with van der Waals surface area (Å²) >= 11 is 0. The van der Waals surface area contributed by atoms with Crippen LogP contribution in [0.5, 0.6) is 0 Å². The number of ether oxygens (including phenoxy) is 3. The second-order valence-electron chi connectivity index (χ2n) is 18.0. The van der Waals surface area contributed by atoms with Crippen molar-refractivity contribution in [2.24, 2.45) is 0 Å². The molecule has 6 heteroatoms. The molecule has 0 radical (unpaired) electrons. The molecule has 2 rings (SSSR count). The molecule has 0 aromatic rings. The molecule has 0 aromatic carbocycles. The Morgan fingerprint density at radius 2 is 1.02 bits per heavy atom. The number of carbonyl (C=O) groups is 1. The van der Waals surface area contributed by atoms with E-state index >= 15 is 0 Å². The highest BCUT2D eigenvalue weighted by Crippen LogP contribution is 2.36. The molecule has 57 heavy (non-hydrogen) atoms. The van der Waals surface area contributed by atoms with E-state index in [0.717, 1.165) is 58.2 Å². The fraction of sp³-hybridized carbons (Fsp3) is 0.902. The van der Waals surface area contributed by atoms with Gasteiger partial charge in [0.05, 0.1) is 36.9 Å². The molecule has 1 N–H and O–H groups in total. The zero-order chi connectivity index (χ0) is 41.0. The number of nitrogens with zero attached hydrogens (tertiary/aromatic N) is 1. The van der Waals surface area contributed by atoms with Crippen molar-refractivity contribution in [3.8, 4) is 0 Å². The summed E-state index contributed by atoms with van der Waals surface area (Å²) in [6.07, 6.45) is 45.1. The molecule has 1 unspecified atom stereocenters. The number of esters is 1. The van der Waals surface area contributed by atoms with E-state index in [1.807, 2.05) is 0 Å². The van der Waals surface area contributed by atoms with E-state index in [0.29, 0.717) is 12.7 Å². The van der Waals surface area contributed by atoms with E-state index in [9.17, 15) is 9.90 Å².